The Morgan fingerprint density at radius 2 is 1.88 bits per heavy atom. The lowest BCUT2D eigenvalue weighted by atomic mass is 9.82. The SMILES string of the molecule is O=C(O)[C@H]1CC=CC[C@H]1C(=O)NCCCO. The van der Waals surface area contributed by atoms with Gasteiger partial charge in [0.1, 0.15) is 0 Å². The second kappa shape index (κ2) is 6.27. The Labute approximate surface area is 94.2 Å². The molecule has 1 rings (SSSR count). The van der Waals surface area contributed by atoms with Gasteiger partial charge in [0.25, 0.3) is 0 Å². The Bertz CT molecular complexity index is 288. The first-order valence-electron chi connectivity index (χ1n) is 5.43. The predicted octanol–water partition coefficient (Wildman–Crippen LogP) is 0.152. The van der Waals surface area contributed by atoms with Gasteiger partial charge in [0.2, 0.25) is 5.91 Å². The fourth-order valence-electron chi connectivity index (χ4n) is 1.80. The molecular formula is C11H17NO4. The molecule has 0 aromatic carbocycles. The normalized spacial score (nSPS) is 24.1. The molecule has 3 N–H and O–H groups in total. The maximum absolute atomic E-state index is 11.7. The van der Waals surface area contributed by atoms with E-state index in [1.54, 1.807) is 6.08 Å². The van der Waals surface area contributed by atoms with Gasteiger partial charge in [0, 0.05) is 13.2 Å². The first-order chi connectivity index (χ1) is 7.66. The van der Waals surface area contributed by atoms with Crippen molar-refractivity contribution in [3.8, 4) is 0 Å². The van der Waals surface area contributed by atoms with Crippen LogP contribution in [0.25, 0.3) is 0 Å². The third-order valence-electron chi connectivity index (χ3n) is 2.72. The summed E-state index contributed by atoms with van der Waals surface area (Å²) < 4.78 is 0. The van der Waals surface area contributed by atoms with Crippen LogP contribution >= 0.6 is 0 Å². The van der Waals surface area contributed by atoms with E-state index in [1.807, 2.05) is 6.08 Å². The zero-order valence-corrected chi connectivity index (χ0v) is 9.06. The Morgan fingerprint density at radius 3 is 2.44 bits per heavy atom. The number of carbonyl (C=O) groups excluding carboxylic acids is 1. The summed E-state index contributed by atoms with van der Waals surface area (Å²) in [4.78, 5) is 22.6. The van der Waals surface area contributed by atoms with E-state index in [0.29, 0.717) is 25.8 Å². The molecule has 0 unspecified atom stereocenters. The molecule has 16 heavy (non-hydrogen) atoms. The number of allylic oxidation sites excluding steroid dienone is 2. The predicted molar refractivity (Wildman–Crippen MR) is 57.7 cm³/mol. The highest BCUT2D eigenvalue weighted by Gasteiger charge is 2.33. The van der Waals surface area contributed by atoms with Crippen molar-refractivity contribution in [3.05, 3.63) is 12.2 Å². The molecule has 0 heterocycles. The summed E-state index contributed by atoms with van der Waals surface area (Å²) in [5.74, 6) is -2.27. The zero-order valence-electron chi connectivity index (χ0n) is 9.06. The van der Waals surface area contributed by atoms with Gasteiger partial charge in [-0.05, 0) is 19.3 Å². The van der Waals surface area contributed by atoms with Gasteiger partial charge in [-0.2, -0.15) is 0 Å². The summed E-state index contributed by atoms with van der Waals surface area (Å²) in [6.07, 6.45) is 5.02. The number of carboxylic acid groups (broad SMARTS) is 1. The number of rotatable bonds is 5. The van der Waals surface area contributed by atoms with Gasteiger partial charge in [-0.15, -0.1) is 0 Å². The van der Waals surface area contributed by atoms with Gasteiger partial charge < -0.3 is 15.5 Å². The molecule has 2 atom stereocenters. The van der Waals surface area contributed by atoms with Crippen molar-refractivity contribution < 1.29 is 19.8 Å². The summed E-state index contributed by atoms with van der Waals surface area (Å²) in [7, 11) is 0. The lowest BCUT2D eigenvalue weighted by molar-refractivity contribution is -0.147. The summed E-state index contributed by atoms with van der Waals surface area (Å²) in [5.41, 5.74) is 0. The van der Waals surface area contributed by atoms with Crippen LogP contribution in [0.3, 0.4) is 0 Å². The molecule has 0 fully saturated rings. The van der Waals surface area contributed by atoms with Crippen LogP contribution in [0.15, 0.2) is 12.2 Å². The number of aliphatic hydroxyl groups is 1. The van der Waals surface area contributed by atoms with E-state index in [4.69, 9.17) is 10.2 Å². The molecule has 0 aliphatic heterocycles. The Kier molecular flexibility index (Phi) is 4.98. The largest absolute Gasteiger partial charge is 0.481 e. The van der Waals surface area contributed by atoms with Crippen molar-refractivity contribution >= 4 is 11.9 Å². The molecule has 0 aromatic rings. The smallest absolute Gasteiger partial charge is 0.307 e. The number of nitrogens with one attached hydrogen (secondary N) is 1. The maximum atomic E-state index is 11.7. The van der Waals surface area contributed by atoms with Gasteiger partial charge in [0.05, 0.1) is 11.8 Å². The molecule has 5 heteroatoms. The maximum Gasteiger partial charge on any atom is 0.307 e. The van der Waals surface area contributed by atoms with E-state index in [-0.39, 0.29) is 12.5 Å². The number of carbonyl (C=O) groups is 2. The number of carboxylic acids is 1. The summed E-state index contributed by atoms with van der Waals surface area (Å²) in [6, 6.07) is 0. The monoisotopic (exact) mass is 227 g/mol. The molecule has 0 aromatic heterocycles. The van der Waals surface area contributed by atoms with E-state index in [2.05, 4.69) is 5.32 Å². The molecule has 90 valence electrons. The molecule has 0 radical (unpaired) electrons. The van der Waals surface area contributed by atoms with Crippen LogP contribution < -0.4 is 5.32 Å². The standard InChI is InChI=1S/C11H17NO4/c13-7-3-6-12-10(14)8-4-1-2-5-9(8)11(15)16/h1-2,8-9,13H,3-7H2,(H,12,14)(H,15,16)/t8-,9+/m1/s1. The van der Waals surface area contributed by atoms with Crippen LogP contribution in [0.5, 0.6) is 0 Å². The van der Waals surface area contributed by atoms with Crippen molar-refractivity contribution in [1.29, 1.82) is 0 Å². The van der Waals surface area contributed by atoms with E-state index in [0.717, 1.165) is 0 Å². The molecule has 5 nitrogen and oxygen atoms in total. The molecule has 1 aliphatic carbocycles. The third kappa shape index (κ3) is 3.34. The Balaban J connectivity index is 2.52. The highest BCUT2D eigenvalue weighted by molar-refractivity contribution is 5.85. The van der Waals surface area contributed by atoms with Gasteiger partial charge >= 0.3 is 5.97 Å². The molecule has 0 bridgehead atoms. The number of aliphatic hydroxyl groups excluding tert-OH is 1. The van der Waals surface area contributed by atoms with Crippen LogP contribution in [0, 0.1) is 11.8 Å². The van der Waals surface area contributed by atoms with Crippen molar-refractivity contribution in [1.82, 2.24) is 5.32 Å². The van der Waals surface area contributed by atoms with Gasteiger partial charge in [-0.1, -0.05) is 12.2 Å². The van der Waals surface area contributed by atoms with Crippen molar-refractivity contribution in [2.24, 2.45) is 11.8 Å². The molecule has 1 amide bonds. The van der Waals surface area contributed by atoms with Crippen LogP contribution in [-0.4, -0.2) is 35.2 Å². The minimum atomic E-state index is -0.924. The number of amides is 1. The van der Waals surface area contributed by atoms with E-state index in [9.17, 15) is 9.59 Å². The fraction of sp³-hybridized carbons (Fsp3) is 0.636. The van der Waals surface area contributed by atoms with Gasteiger partial charge in [-0.3, -0.25) is 9.59 Å². The highest BCUT2D eigenvalue weighted by atomic mass is 16.4. The number of hydrogen-bond acceptors (Lipinski definition) is 3. The van der Waals surface area contributed by atoms with Crippen molar-refractivity contribution in [2.45, 2.75) is 19.3 Å². The minimum absolute atomic E-state index is 0.0210. The summed E-state index contributed by atoms with van der Waals surface area (Å²) >= 11 is 0. The molecular weight excluding hydrogens is 210 g/mol. The van der Waals surface area contributed by atoms with E-state index < -0.39 is 17.8 Å². The number of aliphatic carboxylic acids is 1. The Hall–Kier alpha value is -1.36. The van der Waals surface area contributed by atoms with E-state index in [1.165, 1.54) is 0 Å². The van der Waals surface area contributed by atoms with Gasteiger partial charge in [-0.25, -0.2) is 0 Å². The lowest BCUT2D eigenvalue weighted by Gasteiger charge is -2.24. The molecule has 0 spiro atoms. The summed E-state index contributed by atoms with van der Waals surface area (Å²) in [6.45, 7) is 0.412. The second-order valence-electron chi connectivity index (χ2n) is 3.86. The van der Waals surface area contributed by atoms with Crippen LogP contribution in [0.1, 0.15) is 19.3 Å². The third-order valence-corrected chi connectivity index (χ3v) is 2.72. The summed E-state index contributed by atoms with van der Waals surface area (Å²) in [5, 5.41) is 20.2. The van der Waals surface area contributed by atoms with Gasteiger partial charge in [0.15, 0.2) is 0 Å². The first-order valence-corrected chi connectivity index (χ1v) is 5.43. The van der Waals surface area contributed by atoms with E-state index >= 15 is 0 Å². The first kappa shape index (κ1) is 12.7. The molecule has 0 saturated carbocycles. The van der Waals surface area contributed by atoms with Crippen molar-refractivity contribution in [2.75, 3.05) is 13.2 Å². The number of hydrogen-bond donors (Lipinski definition) is 3. The molecule has 0 saturated heterocycles. The fourth-order valence-corrected chi connectivity index (χ4v) is 1.80. The topological polar surface area (TPSA) is 86.6 Å². The Morgan fingerprint density at radius 1 is 1.25 bits per heavy atom. The average Bonchev–Trinajstić information content (AvgIpc) is 2.29. The quantitative estimate of drug-likeness (QED) is 0.461. The van der Waals surface area contributed by atoms with Crippen LogP contribution in [-0.2, 0) is 9.59 Å². The second-order valence-corrected chi connectivity index (χ2v) is 3.86. The molecule has 1 aliphatic rings. The highest BCUT2D eigenvalue weighted by Crippen LogP contribution is 2.25. The lowest BCUT2D eigenvalue weighted by Crippen LogP contribution is -2.39. The van der Waals surface area contributed by atoms with Crippen LogP contribution in [0.2, 0.25) is 0 Å². The average molecular weight is 227 g/mol. The van der Waals surface area contributed by atoms with Crippen molar-refractivity contribution in [3.63, 3.8) is 0 Å². The van der Waals surface area contributed by atoms with Crippen LogP contribution in [0.4, 0.5) is 0 Å². The minimum Gasteiger partial charge on any atom is -0.481 e. The zero-order chi connectivity index (χ0) is 12.0.